The highest BCUT2D eigenvalue weighted by atomic mass is 16.2. The maximum Gasteiger partial charge on any atom is 0.280 e. The average Bonchev–Trinajstić information content (AvgIpc) is 2.70. The van der Waals surface area contributed by atoms with E-state index in [9.17, 15) is 4.79 Å². The Hall–Kier alpha value is -2.10. The van der Waals surface area contributed by atoms with Crippen LogP contribution in [0, 0.1) is 0 Å². The number of anilines is 1. The van der Waals surface area contributed by atoms with E-state index in [0.29, 0.717) is 11.3 Å². The molecule has 70 valence electrons. The van der Waals surface area contributed by atoms with Gasteiger partial charge >= 0.3 is 0 Å². The monoisotopic (exact) mass is 187 g/mol. The summed E-state index contributed by atoms with van der Waals surface area (Å²) in [4.78, 5) is 11.7. The summed E-state index contributed by atoms with van der Waals surface area (Å²) in [6, 6.07) is 8.62. The first-order valence-corrected chi connectivity index (χ1v) is 4.18. The summed E-state index contributed by atoms with van der Waals surface area (Å²) < 4.78 is 1.26. The van der Waals surface area contributed by atoms with Crippen molar-refractivity contribution in [2.45, 2.75) is 0 Å². The van der Waals surface area contributed by atoms with E-state index in [-0.39, 0.29) is 5.91 Å². The number of benzene rings is 1. The van der Waals surface area contributed by atoms with Crippen LogP contribution in [0.2, 0.25) is 0 Å². The molecule has 4 heteroatoms. The van der Waals surface area contributed by atoms with Crippen LogP contribution in [-0.2, 0) is 0 Å². The van der Waals surface area contributed by atoms with Crippen molar-refractivity contribution in [2.24, 2.45) is 0 Å². The Morgan fingerprint density at radius 1 is 1.29 bits per heavy atom. The molecular weight excluding hydrogens is 178 g/mol. The van der Waals surface area contributed by atoms with Gasteiger partial charge in [0.15, 0.2) is 0 Å². The molecule has 0 unspecified atom stereocenters. The third-order valence-electron chi connectivity index (χ3n) is 1.90. The zero-order valence-electron chi connectivity index (χ0n) is 7.42. The predicted octanol–water partition coefficient (Wildman–Crippen LogP) is 1.15. The second kappa shape index (κ2) is 3.33. The van der Waals surface area contributed by atoms with Crippen LogP contribution in [-0.4, -0.2) is 15.7 Å². The Morgan fingerprint density at radius 2 is 2.07 bits per heavy atom. The molecule has 2 N–H and O–H groups in total. The summed E-state index contributed by atoms with van der Waals surface area (Å²) in [5.41, 5.74) is 6.60. The molecule has 0 aliphatic carbocycles. The molecule has 0 spiro atoms. The summed E-state index contributed by atoms with van der Waals surface area (Å²) in [5.74, 6) is -0.215. The van der Waals surface area contributed by atoms with Crippen LogP contribution in [0.4, 0.5) is 5.69 Å². The van der Waals surface area contributed by atoms with Crippen molar-refractivity contribution in [3.05, 3.63) is 48.3 Å². The van der Waals surface area contributed by atoms with Crippen molar-refractivity contribution < 1.29 is 4.79 Å². The van der Waals surface area contributed by atoms with Gasteiger partial charge in [0, 0.05) is 18.1 Å². The SMILES string of the molecule is Nc1ccccc1C(=O)n1cccn1. The first-order chi connectivity index (χ1) is 6.79. The van der Waals surface area contributed by atoms with E-state index in [1.807, 2.05) is 0 Å². The first-order valence-electron chi connectivity index (χ1n) is 4.18. The number of aromatic nitrogens is 2. The molecule has 14 heavy (non-hydrogen) atoms. The van der Waals surface area contributed by atoms with Gasteiger partial charge in [-0.3, -0.25) is 4.79 Å². The minimum atomic E-state index is -0.215. The number of hydrogen-bond acceptors (Lipinski definition) is 3. The molecule has 1 aromatic heterocycles. The lowest BCUT2D eigenvalue weighted by atomic mass is 10.2. The number of carbonyl (C=O) groups is 1. The molecule has 0 bridgehead atoms. The third-order valence-corrected chi connectivity index (χ3v) is 1.90. The molecule has 2 aromatic rings. The second-order valence-electron chi connectivity index (χ2n) is 2.84. The summed E-state index contributed by atoms with van der Waals surface area (Å²) in [7, 11) is 0. The molecule has 2 rings (SSSR count). The van der Waals surface area contributed by atoms with Gasteiger partial charge in [0.2, 0.25) is 0 Å². The van der Waals surface area contributed by atoms with E-state index < -0.39 is 0 Å². The number of hydrogen-bond donors (Lipinski definition) is 1. The minimum Gasteiger partial charge on any atom is -0.398 e. The van der Waals surface area contributed by atoms with E-state index in [4.69, 9.17) is 5.73 Å². The Kier molecular flexibility index (Phi) is 2.02. The summed E-state index contributed by atoms with van der Waals surface area (Å²) in [6.07, 6.45) is 3.14. The molecule has 0 atom stereocenters. The number of carbonyl (C=O) groups excluding carboxylic acids is 1. The summed E-state index contributed by atoms with van der Waals surface area (Å²) >= 11 is 0. The highest BCUT2D eigenvalue weighted by Crippen LogP contribution is 2.11. The molecule has 1 heterocycles. The van der Waals surface area contributed by atoms with Crippen molar-refractivity contribution in [1.82, 2.24) is 9.78 Å². The van der Waals surface area contributed by atoms with Crippen molar-refractivity contribution in [2.75, 3.05) is 5.73 Å². The van der Waals surface area contributed by atoms with E-state index in [0.717, 1.165) is 0 Å². The summed E-state index contributed by atoms with van der Waals surface area (Å²) in [5, 5.41) is 3.85. The predicted molar refractivity (Wildman–Crippen MR) is 52.8 cm³/mol. The van der Waals surface area contributed by atoms with E-state index >= 15 is 0 Å². The van der Waals surface area contributed by atoms with Crippen LogP contribution in [0.15, 0.2) is 42.7 Å². The maximum atomic E-state index is 11.7. The lowest BCUT2D eigenvalue weighted by molar-refractivity contribution is 0.0946. The quantitative estimate of drug-likeness (QED) is 0.681. The highest BCUT2D eigenvalue weighted by molar-refractivity contribution is 5.99. The lowest BCUT2D eigenvalue weighted by Crippen LogP contribution is -2.14. The van der Waals surface area contributed by atoms with Crippen LogP contribution in [0.25, 0.3) is 0 Å². The second-order valence-corrected chi connectivity index (χ2v) is 2.84. The molecule has 0 aliphatic heterocycles. The molecule has 1 aromatic carbocycles. The molecule has 0 saturated heterocycles. The van der Waals surface area contributed by atoms with Gasteiger partial charge in [0.25, 0.3) is 5.91 Å². The number of nitrogen functional groups attached to an aromatic ring is 1. The molecule has 4 nitrogen and oxygen atoms in total. The zero-order chi connectivity index (χ0) is 9.97. The number of rotatable bonds is 1. The highest BCUT2D eigenvalue weighted by Gasteiger charge is 2.10. The zero-order valence-corrected chi connectivity index (χ0v) is 7.42. The van der Waals surface area contributed by atoms with Gasteiger partial charge in [0.1, 0.15) is 0 Å². The number of nitrogens with two attached hydrogens (primary N) is 1. The largest absolute Gasteiger partial charge is 0.398 e. The molecular formula is C10H9N3O. The topological polar surface area (TPSA) is 60.9 Å². The van der Waals surface area contributed by atoms with Gasteiger partial charge in [-0.1, -0.05) is 12.1 Å². The van der Waals surface area contributed by atoms with E-state index in [2.05, 4.69) is 5.10 Å². The normalized spacial score (nSPS) is 10.0. The van der Waals surface area contributed by atoms with Crippen LogP contribution < -0.4 is 5.73 Å². The fourth-order valence-corrected chi connectivity index (χ4v) is 1.20. The third kappa shape index (κ3) is 1.37. The maximum absolute atomic E-state index is 11.7. The van der Waals surface area contributed by atoms with Gasteiger partial charge in [-0.25, -0.2) is 4.68 Å². The van der Waals surface area contributed by atoms with Gasteiger partial charge < -0.3 is 5.73 Å². The Balaban J connectivity index is 2.42. The van der Waals surface area contributed by atoms with Gasteiger partial charge in [-0.15, -0.1) is 0 Å². The van der Waals surface area contributed by atoms with Gasteiger partial charge in [-0.2, -0.15) is 5.10 Å². The lowest BCUT2D eigenvalue weighted by Gasteiger charge is -2.03. The molecule has 0 aliphatic rings. The fraction of sp³-hybridized carbons (Fsp3) is 0. The standard InChI is InChI=1S/C10H9N3O/c11-9-5-2-1-4-8(9)10(14)13-7-3-6-12-13/h1-7H,11H2. The van der Waals surface area contributed by atoms with Crippen LogP contribution >= 0.6 is 0 Å². The molecule has 0 amide bonds. The Morgan fingerprint density at radius 3 is 2.71 bits per heavy atom. The Labute approximate surface area is 81.0 Å². The van der Waals surface area contributed by atoms with Crippen molar-refractivity contribution >= 4 is 11.6 Å². The average molecular weight is 187 g/mol. The summed E-state index contributed by atoms with van der Waals surface area (Å²) in [6.45, 7) is 0. The minimum absolute atomic E-state index is 0.215. The van der Waals surface area contributed by atoms with Crippen LogP contribution in [0.5, 0.6) is 0 Å². The van der Waals surface area contributed by atoms with Crippen molar-refractivity contribution in [1.29, 1.82) is 0 Å². The van der Waals surface area contributed by atoms with E-state index in [1.165, 1.54) is 4.68 Å². The number of para-hydroxylation sites is 1. The molecule has 0 fully saturated rings. The first kappa shape index (κ1) is 8.50. The Bertz CT molecular complexity index is 448. The molecule has 0 radical (unpaired) electrons. The van der Waals surface area contributed by atoms with Gasteiger partial charge in [-0.05, 0) is 18.2 Å². The number of nitrogens with zero attached hydrogens (tertiary/aromatic N) is 2. The fourth-order valence-electron chi connectivity index (χ4n) is 1.20. The van der Waals surface area contributed by atoms with Crippen LogP contribution in [0.3, 0.4) is 0 Å². The van der Waals surface area contributed by atoms with Crippen molar-refractivity contribution in [3.63, 3.8) is 0 Å². The van der Waals surface area contributed by atoms with Gasteiger partial charge in [0.05, 0.1) is 5.56 Å². The van der Waals surface area contributed by atoms with E-state index in [1.54, 1.807) is 42.7 Å². The molecule has 0 saturated carbocycles. The smallest absolute Gasteiger partial charge is 0.280 e. The van der Waals surface area contributed by atoms with Crippen molar-refractivity contribution in [3.8, 4) is 0 Å². The van der Waals surface area contributed by atoms with Crippen LogP contribution in [0.1, 0.15) is 10.4 Å².